The molecule has 2 aromatic carbocycles. The molecule has 0 saturated carbocycles. The molecule has 1 unspecified atom stereocenters. The monoisotopic (exact) mass is 455 g/mol. The van der Waals surface area contributed by atoms with E-state index in [1.165, 1.54) is 22.9 Å². The fraction of sp³-hybridized carbons (Fsp3) is 0.286. The van der Waals surface area contributed by atoms with Crippen molar-refractivity contribution in [1.82, 2.24) is 15.4 Å². The lowest BCUT2D eigenvalue weighted by atomic mass is 9.94. The van der Waals surface area contributed by atoms with Crippen molar-refractivity contribution in [2.45, 2.75) is 44.8 Å². The van der Waals surface area contributed by atoms with Crippen LogP contribution in [0.2, 0.25) is 0 Å². The topological polar surface area (TPSA) is 76.2 Å². The Morgan fingerprint density at radius 3 is 2.76 bits per heavy atom. The largest absolute Gasteiger partial charge is 0.350 e. The lowest BCUT2D eigenvalue weighted by Gasteiger charge is -2.21. The zero-order chi connectivity index (χ0) is 23.2. The highest BCUT2D eigenvalue weighted by molar-refractivity contribution is 5.91. The second-order valence-corrected chi connectivity index (χ2v) is 8.71. The number of fused-ring (bicyclic) bond motifs is 1. The minimum atomic E-state index is -0.349. The summed E-state index contributed by atoms with van der Waals surface area (Å²) in [5.74, 6) is 0.669. The fourth-order valence-corrected chi connectivity index (χ4v) is 4.32. The van der Waals surface area contributed by atoms with Gasteiger partial charge in [-0.3, -0.25) is 4.79 Å². The highest BCUT2D eigenvalue weighted by atomic mass is 16.8. The normalized spacial score (nSPS) is 17.9. The van der Waals surface area contributed by atoms with Crippen LogP contribution >= 0.6 is 0 Å². The van der Waals surface area contributed by atoms with Crippen LogP contribution < -0.4 is 5.48 Å². The maximum atomic E-state index is 12.0. The molecule has 3 aromatic rings. The Morgan fingerprint density at radius 1 is 1.12 bits per heavy atom. The Hall–Kier alpha value is -3.48. The van der Waals surface area contributed by atoms with Gasteiger partial charge in [-0.2, -0.15) is 0 Å². The lowest BCUT2D eigenvalue weighted by Crippen LogP contribution is -2.32. The summed E-state index contributed by atoms with van der Waals surface area (Å²) in [4.78, 5) is 25.6. The van der Waals surface area contributed by atoms with Gasteiger partial charge in [-0.05, 0) is 60.1 Å². The summed E-state index contributed by atoms with van der Waals surface area (Å²) in [6.07, 6.45) is 10.7. The van der Waals surface area contributed by atoms with E-state index in [1.54, 1.807) is 6.08 Å². The summed E-state index contributed by atoms with van der Waals surface area (Å²) in [6, 6.07) is 18.6. The number of hydrogen-bond donors (Lipinski definition) is 2. The molecule has 1 fully saturated rings. The number of benzene rings is 2. The molecule has 2 N–H and O–H groups in total. The molecule has 1 aliphatic carbocycles. The van der Waals surface area contributed by atoms with E-state index >= 15 is 0 Å². The van der Waals surface area contributed by atoms with Gasteiger partial charge in [-0.15, -0.1) is 0 Å². The molecule has 6 nitrogen and oxygen atoms in total. The number of amides is 1. The summed E-state index contributed by atoms with van der Waals surface area (Å²) in [5, 5.41) is 0. The third-order valence-corrected chi connectivity index (χ3v) is 6.17. The number of aromatic nitrogens is 2. The summed E-state index contributed by atoms with van der Waals surface area (Å²) in [7, 11) is 0. The average molecular weight is 456 g/mol. The first-order valence-electron chi connectivity index (χ1n) is 11.9. The van der Waals surface area contributed by atoms with E-state index in [4.69, 9.17) is 14.6 Å². The minimum Gasteiger partial charge on any atom is -0.350 e. The Labute approximate surface area is 199 Å². The van der Waals surface area contributed by atoms with E-state index < -0.39 is 0 Å². The number of hydrogen-bond acceptors (Lipinski definition) is 4. The maximum Gasteiger partial charge on any atom is 0.267 e. The number of carbonyl (C=O) groups excluding carboxylic acids is 1. The number of ether oxygens (including phenoxy) is 1. The van der Waals surface area contributed by atoms with Crippen molar-refractivity contribution in [3.63, 3.8) is 0 Å². The molecule has 0 spiro atoms. The Bertz CT molecular complexity index is 1170. The van der Waals surface area contributed by atoms with Crippen molar-refractivity contribution < 1.29 is 14.4 Å². The number of hydroxylamine groups is 1. The van der Waals surface area contributed by atoms with E-state index in [0.717, 1.165) is 61.2 Å². The van der Waals surface area contributed by atoms with E-state index in [2.05, 4.69) is 52.9 Å². The van der Waals surface area contributed by atoms with Gasteiger partial charge in [0.15, 0.2) is 6.29 Å². The summed E-state index contributed by atoms with van der Waals surface area (Å²) >= 11 is 0. The van der Waals surface area contributed by atoms with Crippen molar-refractivity contribution >= 4 is 23.6 Å². The van der Waals surface area contributed by atoms with E-state index in [0.29, 0.717) is 6.61 Å². The molecule has 1 amide bonds. The van der Waals surface area contributed by atoms with Gasteiger partial charge in [0.25, 0.3) is 5.91 Å². The number of rotatable bonds is 7. The standard InChI is InChI=1S/C28H29N3O3/c32-27(31-34-28-8-4-5-17-33-28)16-13-20-9-11-21(12-10-20)18-26-29-24-15-14-23(19-25(24)30-26)22-6-2-1-3-7-22/h1-3,6-7,9-13,16,19,28H,4-5,8,14-15,17-18H2,(H,29,30)(H,31,32)/b16-13+. The van der Waals surface area contributed by atoms with Gasteiger partial charge in [0, 0.05) is 31.2 Å². The van der Waals surface area contributed by atoms with Crippen LogP contribution in [0, 0.1) is 0 Å². The molecule has 2 aliphatic rings. The highest BCUT2D eigenvalue weighted by Gasteiger charge is 2.17. The molecule has 1 aliphatic heterocycles. The summed E-state index contributed by atoms with van der Waals surface area (Å²) < 4.78 is 5.43. The van der Waals surface area contributed by atoms with Gasteiger partial charge in [-0.1, -0.05) is 54.6 Å². The van der Waals surface area contributed by atoms with Crippen LogP contribution in [0.25, 0.3) is 17.7 Å². The second kappa shape index (κ2) is 10.6. The molecular weight excluding hydrogens is 426 g/mol. The van der Waals surface area contributed by atoms with Crippen molar-refractivity contribution in [2.75, 3.05) is 6.61 Å². The average Bonchev–Trinajstić information content (AvgIpc) is 3.29. The number of nitrogens with one attached hydrogen (secondary N) is 2. The third-order valence-electron chi connectivity index (χ3n) is 6.17. The minimum absolute atomic E-state index is 0.303. The smallest absolute Gasteiger partial charge is 0.267 e. The molecule has 1 aromatic heterocycles. The first kappa shape index (κ1) is 22.3. The van der Waals surface area contributed by atoms with Crippen LogP contribution in [0.5, 0.6) is 0 Å². The van der Waals surface area contributed by atoms with Gasteiger partial charge >= 0.3 is 0 Å². The van der Waals surface area contributed by atoms with Crippen molar-refractivity contribution in [2.24, 2.45) is 0 Å². The molecule has 34 heavy (non-hydrogen) atoms. The molecule has 0 bridgehead atoms. The van der Waals surface area contributed by atoms with Crippen molar-refractivity contribution in [3.05, 3.63) is 94.6 Å². The van der Waals surface area contributed by atoms with Crippen LogP contribution in [-0.4, -0.2) is 28.8 Å². The SMILES string of the molecule is O=C(/C=C/c1ccc(Cc2nc3c([nH]2)CCC(c2ccccc2)=C3)cc1)NOC1CCCCO1. The number of aryl methyl sites for hydroxylation is 1. The predicted octanol–water partition coefficient (Wildman–Crippen LogP) is 5.07. The van der Waals surface area contributed by atoms with Crippen molar-refractivity contribution in [3.8, 4) is 0 Å². The number of imidazole rings is 1. The predicted molar refractivity (Wildman–Crippen MR) is 132 cm³/mol. The number of H-pyrrole nitrogens is 1. The maximum absolute atomic E-state index is 12.0. The highest BCUT2D eigenvalue weighted by Crippen LogP contribution is 2.29. The van der Waals surface area contributed by atoms with Crippen LogP contribution in [0.1, 0.15) is 59.6 Å². The molecule has 2 heterocycles. The number of allylic oxidation sites excluding steroid dienone is 1. The van der Waals surface area contributed by atoms with Crippen LogP contribution in [0.15, 0.2) is 60.7 Å². The van der Waals surface area contributed by atoms with Gasteiger partial charge in [0.1, 0.15) is 5.82 Å². The molecule has 1 saturated heterocycles. The third kappa shape index (κ3) is 5.71. The van der Waals surface area contributed by atoms with Gasteiger partial charge in [0.05, 0.1) is 5.69 Å². The summed E-state index contributed by atoms with van der Waals surface area (Å²) in [5.41, 5.74) is 9.41. The molecular formula is C28H29N3O3. The van der Waals surface area contributed by atoms with E-state index in [-0.39, 0.29) is 12.2 Å². The zero-order valence-corrected chi connectivity index (χ0v) is 19.1. The number of carbonyl (C=O) groups is 1. The Kier molecular flexibility index (Phi) is 6.98. The number of aromatic amines is 1. The van der Waals surface area contributed by atoms with Crippen LogP contribution in [-0.2, 0) is 27.2 Å². The molecule has 1 atom stereocenters. The van der Waals surface area contributed by atoms with Crippen LogP contribution in [0.4, 0.5) is 0 Å². The fourth-order valence-electron chi connectivity index (χ4n) is 4.32. The Morgan fingerprint density at radius 2 is 1.97 bits per heavy atom. The van der Waals surface area contributed by atoms with Gasteiger partial charge in [0.2, 0.25) is 0 Å². The molecule has 5 rings (SSSR count). The van der Waals surface area contributed by atoms with Gasteiger partial charge < -0.3 is 9.72 Å². The summed E-state index contributed by atoms with van der Waals surface area (Å²) in [6.45, 7) is 0.675. The van der Waals surface area contributed by atoms with Gasteiger partial charge in [-0.25, -0.2) is 15.3 Å². The van der Waals surface area contributed by atoms with E-state index in [9.17, 15) is 4.79 Å². The first-order chi connectivity index (χ1) is 16.7. The molecule has 174 valence electrons. The number of nitrogens with zero attached hydrogens (tertiary/aromatic N) is 1. The van der Waals surface area contributed by atoms with E-state index in [1.807, 2.05) is 18.2 Å². The Balaban J connectivity index is 1.16. The second-order valence-electron chi connectivity index (χ2n) is 8.71. The van der Waals surface area contributed by atoms with Crippen LogP contribution in [0.3, 0.4) is 0 Å². The molecule has 0 radical (unpaired) electrons. The first-order valence-corrected chi connectivity index (χ1v) is 11.9. The lowest BCUT2D eigenvalue weighted by molar-refractivity contribution is -0.198. The van der Waals surface area contributed by atoms with Crippen molar-refractivity contribution in [1.29, 1.82) is 0 Å². The quantitative estimate of drug-likeness (QED) is 0.385. The molecule has 6 heteroatoms. The zero-order valence-electron chi connectivity index (χ0n) is 19.1.